The summed E-state index contributed by atoms with van der Waals surface area (Å²) in [6.45, 7) is 0.887. The fourth-order valence-electron chi connectivity index (χ4n) is 2.18. The van der Waals surface area contributed by atoms with Gasteiger partial charge in [-0.25, -0.2) is 0 Å². The number of halogens is 1. The molecule has 2 nitrogen and oxygen atoms in total. The normalized spacial score (nSPS) is 16.9. The first kappa shape index (κ1) is 13.0. The third kappa shape index (κ3) is 6.18. The van der Waals surface area contributed by atoms with Crippen LogP contribution in [0, 0.1) is 5.92 Å². The number of rotatable bonds is 7. The molecule has 1 N–H and O–H groups in total. The molecule has 0 aromatic rings. The van der Waals surface area contributed by atoms with Crippen molar-refractivity contribution >= 4 is 21.8 Å². The van der Waals surface area contributed by atoms with Crippen molar-refractivity contribution in [3.05, 3.63) is 0 Å². The highest BCUT2D eigenvalue weighted by Gasteiger charge is 2.14. The van der Waals surface area contributed by atoms with Crippen LogP contribution in [0.4, 0.5) is 0 Å². The van der Waals surface area contributed by atoms with E-state index < -0.39 is 0 Å². The van der Waals surface area contributed by atoms with E-state index in [4.69, 9.17) is 0 Å². The third-order valence-corrected chi connectivity index (χ3v) is 3.70. The molecule has 88 valence electrons. The third-order valence-electron chi connectivity index (χ3n) is 3.14. The molecule has 1 saturated carbocycles. The molecule has 0 unspecified atom stereocenters. The first-order chi connectivity index (χ1) is 7.33. The largest absolute Gasteiger partial charge is 0.356 e. The number of hydrogen-bond acceptors (Lipinski definition) is 1. The zero-order chi connectivity index (χ0) is 10.9. The molecule has 1 aliphatic rings. The molecule has 0 aromatic carbocycles. The molecule has 1 fully saturated rings. The van der Waals surface area contributed by atoms with Gasteiger partial charge in [0.25, 0.3) is 0 Å². The molecule has 0 heterocycles. The number of carbonyl (C=O) groups excluding carboxylic acids is 1. The van der Waals surface area contributed by atoms with Gasteiger partial charge in [0.2, 0.25) is 5.91 Å². The van der Waals surface area contributed by atoms with Crippen LogP contribution in [0.3, 0.4) is 0 Å². The Morgan fingerprint density at radius 3 is 2.67 bits per heavy atom. The van der Waals surface area contributed by atoms with Crippen molar-refractivity contribution in [3.63, 3.8) is 0 Å². The molecule has 0 aromatic heterocycles. The van der Waals surface area contributed by atoms with Crippen molar-refractivity contribution in [2.24, 2.45) is 5.92 Å². The minimum Gasteiger partial charge on any atom is -0.356 e. The van der Waals surface area contributed by atoms with Crippen LogP contribution < -0.4 is 5.32 Å². The maximum atomic E-state index is 11.4. The van der Waals surface area contributed by atoms with Gasteiger partial charge in [-0.2, -0.15) is 0 Å². The molecular formula is C12H22BrNO. The Morgan fingerprint density at radius 2 is 2.00 bits per heavy atom. The maximum absolute atomic E-state index is 11.4. The van der Waals surface area contributed by atoms with Crippen molar-refractivity contribution in [2.45, 2.75) is 51.4 Å². The van der Waals surface area contributed by atoms with E-state index in [9.17, 15) is 4.79 Å². The number of amides is 1. The zero-order valence-electron chi connectivity index (χ0n) is 9.43. The second-order valence-electron chi connectivity index (χ2n) is 4.44. The summed E-state index contributed by atoms with van der Waals surface area (Å²) in [5.41, 5.74) is 0. The molecule has 1 aliphatic carbocycles. The smallest absolute Gasteiger partial charge is 0.219 e. The lowest BCUT2D eigenvalue weighted by Gasteiger charge is -2.09. The minimum atomic E-state index is 0.231. The molecule has 1 amide bonds. The average Bonchev–Trinajstić information content (AvgIpc) is 2.71. The molecule has 1 rings (SSSR count). The van der Waals surface area contributed by atoms with E-state index >= 15 is 0 Å². The van der Waals surface area contributed by atoms with Gasteiger partial charge in [-0.3, -0.25) is 4.79 Å². The first-order valence-corrected chi connectivity index (χ1v) is 7.27. The van der Waals surface area contributed by atoms with Gasteiger partial charge in [-0.15, -0.1) is 0 Å². The lowest BCUT2D eigenvalue weighted by Crippen LogP contribution is -2.25. The fourth-order valence-corrected chi connectivity index (χ4v) is 2.58. The maximum Gasteiger partial charge on any atom is 0.219 e. The van der Waals surface area contributed by atoms with E-state index in [1.807, 2.05) is 0 Å². The zero-order valence-corrected chi connectivity index (χ0v) is 11.0. The molecule has 0 radical (unpaired) electrons. The number of nitrogens with one attached hydrogen (secondary N) is 1. The summed E-state index contributed by atoms with van der Waals surface area (Å²) in [7, 11) is 0. The summed E-state index contributed by atoms with van der Waals surface area (Å²) in [5.74, 6) is 1.11. The van der Waals surface area contributed by atoms with Crippen LogP contribution >= 0.6 is 15.9 Å². The Kier molecular flexibility index (Phi) is 7.07. The fraction of sp³-hybridized carbons (Fsp3) is 0.917. The van der Waals surface area contributed by atoms with E-state index in [0.29, 0.717) is 6.42 Å². The SMILES string of the molecule is O=C(CCCCBr)NCCC1CCCC1. The molecular weight excluding hydrogens is 254 g/mol. The van der Waals surface area contributed by atoms with Crippen LogP contribution in [0.5, 0.6) is 0 Å². The monoisotopic (exact) mass is 275 g/mol. The van der Waals surface area contributed by atoms with E-state index in [2.05, 4.69) is 21.2 Å². The van der Waals surface area contributed by atoms with Crippen molar-refractivity contribution in [1.82, 2.24) is 5.32 Å². The molecule has 0 bridgehead atoms. The Morgan fingerprint density at radius 1 is 1.27 bits per heavy atom. The molecule has 15 heavy (non-hydrogen) atoms. The first-order valence-electron chi connectivity index (χ1n) is 6.15. The number of alkyl halides is 1. The van der Waals surface area contributed by atoms with E-state index in [1.54, 1.807) is 0 Å². The van der Waals surface area contributed by atoms with Gasteiger partial charge in [-0.05, 0) is 25.2 Å². The Hall–Kier alpha value is -0.0500. The van der Waals surface area contributed by atoms with Crippen molar-refractivity contribution in [2.75, 3.05) is 11.9 Å². The summed E-state index contributed by atoms with van der Waals surface area (Å²) in [6, 6.07) is 0. The summed E-state index contributed by atoms with van der Waals surface area (Å²) in [6.07, 6.45) is 9.50. The Balaban J connectivity index is 1.91. The molecule has 0 aliphatic heterocycles. The summed E-state index contributed by atoms with van der Waals surface area (Å²) in [5, 5.41) is 4.02. The number of unbranched alkanes of at least 4 members (excludes halogenated alkanes) is 1. The van der Waals surface area contributed by atoms with E-state index in [-0.39, 0.29) is 5.91 Å². The minimum absolute atomic E-state index is 0.231. The van der Waals surface area contributed by atoms with Gasteiger partial charge >= 0.3 is 0 Å². The van der Waals surface area contributed by atoms with Gasteiger partial charge in [0, 0.05) is 18.3 Å². The number of hydrogen-bond donors (Lipinski definition) is 1. The predicted octanol–water partition coefficient (Wildman–Crippen LogP) is 3.25. The average molecular weight is 276 g/mol. The molecule has 0 atom stereocenters. The molecule has 0 saturated heterocycles. The summed E-state index contributed by atoms with van der Waals surface area (Å²) >= 11 is 3.37. The lowest BCUT2D eigenvalue weighted by molar-refractivity contribution is -0.121. The van der Waals surface area contributed by atoms with Crippen LogP contribution in [0.15, 0.2) is 0 Å². The standard InChI is InChI=1S/C12H22BrNO/c13-9-4-3-7-12(15)14-10-8-11-5-1-2-6-11/h11H,1-10H2,(H,14,15). The molecule has 0 spiro atoms. The van der Waals surface area contributed by atoms with Crippen LogP contribution in [-0.2, 0) is 4.79 Å². The van der Waals surface area contributed by atoms with Crippen molar-refractivity contribution < 1.29 is 4.79 Å². The van der Waals surface area contributed by atoms with Crippen molar-refractivity contribution in [1.29, 1.82) is 0 Å². The highest BCUT2D eigenvalue weighted by Crippen LogP contribution is 2.26. The molecule has 3 heteroatoms. The highest BCUT2D eigenvalue weighted by atomic mass is 79.9. The van der Waals surface area contributed by atoms with Gasteiger partial charge in [-0.1, -0.05) is 41.6 Å². The predicted molar refractivity (Wildman–Crippen MR) is 67.2 cm³/mol. The lowest BCUT2D eigenvalue weighted by atomic mass is 10.0. The van der Waals surface area contributed by atoms with Crippen LogP contribution in [0.25, 0.3) is 0 Å². The van der Waals surface area contributed by atoms with Gasteiger partial charge in [0.15, 0.2) is 0 Å². The summed E-state index contributed by atoms with van der Waals surface area (Å²) in [4.78, 5) is 11.4. The topological polar surface area (TPSA) is 29.1 Å². The Bertz CT molecular complexity index is 178. The number of carbonyl (C=O) groups is 1. The van der Waals surface area contributed by atoms with Gasteiger partial charge in [0.05, 0.1) is 0 Å². The van der Waals surface area contributed by atoms with Crippen LogP contribution in [-0.4, -0.2) is 17.8 Å². The second kappa shape index (κ2) is 8.14. The Labute approximate surface area is 101 Å². The second-order valence-corrected chi connectivity index (χ2v) is 5.23. The van der Waals surface area contributed by atoms with Gasteiger partial charge in [0.1, 0.15) is 0 Å². The van der Waals surface area contributed by atoms with E-state index in [1.165, 1.54) is 32.1 Å². The van der Waals surface area contributed by atoms with E-state index in [0.717, 1.165) is 30.6 Å². The highest BCUT2D eigenvalue weighted by molar-refractivity contribution is 9.09. The van der Waals surface area contributed by atoms with Crippen LogP contribution in [0.2, 0.25) is 0 Å². The van der Waals surface area contributed by atoms with Crippen LogP contribution in [0.1, 0.15) is 51.4 Å². The van der Waals surface area contributed by atoms with Gasteiger partial charge < -0.3 is 5.32 Å². The van der Waals surface area contributed by atoms with Crippen molar-refractivity contribution in [3.8, 4) is 0 Å². The summed E-state index contributed by atoms with van der Waals surface area (Å²) < 4.78 is 0. The quantitative estimate of drug-likeness (QED) is 0.561.